The molecule has 100 valence electrons. The van der Waals surface area contributed by atoms with Gasteiger partial charge >= 0.3 is 0 Å². The number of carbonyl (C=O) groups is 1. The monoisotopic (exact) mass is 266 g/mol. The number of aryl methyl sites for hydroxylation is 1. The highest BCUT2D eigenvalue weighted by atomic mass is 16.2. The number of rotatable bonds is 1. The second-order valence-electron chi connectivity index (χ2n) is 5.15. The summed E-state index contributed by atoms with van der Waals surface area (Å²) in [6.07, 6.45) is -0.124. The Balaban J connectivity index is 1.91. The van der Waals surface area contributed by atoms with Gasteiger partial charge in [-0.2, -0.15) is 5.01 Å². The summed E-state index contributed by atoms with van der Waals surface area (Å²) in [7, 11) is 0. The van der Waals surface area contributed by atoms with Gasteiger partial charge in [-0.25, -0.2) is 4.98 Å². The fourth-order valence-corrected chi connectivity index (χ4v) is 2.89. The molecule has 1 unspecified atom stereocenters. The Hall–Kier alpha value is -2.40. The molecule has 0 aliphatic carbocycles. The van der Waals surface area contributed by atoms with Crippen LogP contribution in [0, 0.1) is 6.92 Å². The van der Waals surface area contributed by atoms with Gasteiger partial charge in [0.1, 0.15) is 12.0 Å². The average Bonchev–Trinajstić information content (AvgIpc) is 2.94. The maximum atomic E-state index is 11.6. The third-order valence-electron chi connectivity index (χ3n) is 3.72. The van der Waals surface area contributed by atoms with Gasteiger partial charge in [0.05, 0.1) is 6.54 Å². The van der Waals surface area contributed by atoms with Gasteiger partial charge in [-0.15, -0.1) is 0 Å². The van der Waals surface area contributed by atoms with Crippen LogP contribution in [0.15, 0.2) is 36.4 Å². The van der Waals surface area contributed by atoms with E-state index >= 15 is 0 Å². The third-order valence-corrected chi connectivity index (χ3v) is 3.72. The minimum absolute atomic E-state index is 0.0349. The molecule has 0 spiro atoms. The number of anilines is 1. The molecule has 0 radical (unpaired) electrons. The lowest BCUT2D eigenvalue weighted by atomic mass is 9.98. The van der Waals surface area contributed by atoms with Gasteiger partial charge in [0.15, 0.2) is 0 Å². The molecule has 1 aromatic heterocycles. The van der Waals surface area contributed by atoms with E-state index in [1.807, 2.05) is 30.1 Å². The van der Waals surface area contributed by atoms with Gasteiger partial charge in [-0.1, -0.05) is 30.3 Å². The molecule has 5 heteroatoms. The van der Waals surface area contributed by atoms with Crippen molar-refractivity contribution in [1.82, 2.24) is 15.3 Å². The average molecular weight is 266 g/mol. The van der Waals surface area contributed by atoms with Crippen LogP contribution in [0.2, 0.25) is 0 Å². The van der Waals surface area contributed by atoms with Crippen LogP contribution >= 0.6 is 0 Å². The maximum Gasteiger partial charge on any atom is 0.237 e. The Labute approximate surface area is 116 Å². The second-order valence-corrected chi connectivity index (χ2v) is 5.15. The van der Waals surface area contributed by atoms with Crippen molar-refractivity contribution in [3.63, 3.8) is 0 Å². The number of hydrogen-bond acceptors (Lipinski definition) is 4. The van der Waals surface area contributed by atoms with Crippen LogP contribution in [0.25, 0.3) is 11.1 Å². The molecular weight excluding hydrogens is 252 g/mol. The van der Waals surface area contributed by atoms with Gasteiger partial charge in [0, 0.05) is 11.3 Å². The number of benzene rings is 1. The minimum Gasteiger partial charge on any atom is -0.334 e. The number of hydrogen-bond donors (Lipinski definition) is 2. The predicted octanol–water partition coefficient (Wildman–Crippen LogP) is 1.83. The zero-order chi connectivity index (χ0) is 13.7. The van der Waals surface area contributed by atoms with E-state index in [4.69, 9.17) is 0 Å². The van der Waals surface area contributed by atoms with Gasteiger partial charge in [0.25, 0.3) is 0 Å². The van der Waals surface area contributed by atoms with Crippen LogP contribution in [-0.4, -0.2) is 22.4 Å². The quantitative estimate of drug-likeness (QED) is 0.826. The van der Waals surface area contributed by atoms with E-state index in [0.29, 0.717) is 6.54 Å². The summed E-state index contributed by atoms with van der Waals surface area (Å²) in [6.45, 7) is 2.34. The van der Waals surface area contributed by atoms with E-state index < -0.39 is 0 Å². The van der Waals surface area contributed by atoms with Gasteiger partial charge in [-0.3, -0.25) is 4.79 Å². The summed E-state index contributed by atoms with van der Waals surface area (Å²) in [6, 6.07) is 12.3. The van der Waals surface area contributed by atoms with Crippen molar-refractivity contribution in [2.24, 2.45) is 0 Å². The first kappa shape index (κ1) is 11.4. The van der Waals surface area contributed by atoms with Crippen LogP contribution < -0.4 is 10.7 Å². The minimum atomic E-state index is -0.124. The summed E-state index contributed by atoms with van der Waals surface area (Å²) in [4.78, 5) is 16.1. The highest BCUT2D eigenvalue weighted by Gasteiger charge is 2.40. The van der Waals surface area contributed by atoms with Crippen LogP contribution in [0.1, 0.15) is 17.4 Å². The summed E-state index contributed by atoms with van der Waals surface area (Å²) < 4.78 is 0. The van der Waals surface area contributed by atoms with Crippen molar-refractivity contribution >= 4 is 11.7 Å². The number of aromatic nitrogens is 1. The van der Waals surface area contributed by atoms with E-state index in [1.165, 1.54) is 0 Å². The molecule has 1 saturated heterocycles. The number of hydrazine groups is 1. The van der Waals surface area contributed by atoms with Crippen LogP contribution in [-0.2, 0) is 4.79 Å². The lowest BCUT2D eigenvalue weighted by molar-refractivity contribution is -0.118. The normalized spacial score (nSPS) is 20.2. The predicted molar refractivity (Wildman–Crippen MR) is 75.6 cm³/mol. The zero-order valence-electron chi connectivity index (χ0n) is 11.1. The second kappa shape index (κ2) is 4.05. The molecule has 20 heavy (non-hydrogen) atoms. The Morgan fingerprint density at radius 1 is 1.30 bits per heavy atom. The Bertz CT molecular complexity index is 699. The SMILES string of the molecule is Cc1cc(-c2ccccc2)c2c(n1)NN1CC(=O)NC21. The van der Waals surface area contributed by atoms with E-state index in [0.717, 1.165) is 28.2 Å². The van der Waals surface area contributed by atoms with E-state index in [-0.39, 0.29) is 12.1 Å². The molecule has 2 aliphatic rings. The fourth-order valence-electron chi connectivity index (χ4n) is 2.89. The summed E-state index contributed by atoms with van der Waals surface area (Å²) in [5.41, 5.74) is 7.48. The first-order valence-electron chi connectivity index (χ1n) is 6.62. The molecular formula is C15H14N4O. The van der Waals surface area contributed by atoms with Crippen LogP contribution in [0.4, 0.5) is 5.82 Å². The molecule has 2 aliphatic heterocycles. The first-order valence-corrected chi connectivity index (χ1v) is 6.62. The molecule has 2 N–H and O–H groups in total. The number of pyridine rings is 1. The van der Waals surface area contributed by atoms with E-state index in [1.54, 1.807) is 0 Å². The van der Waals surface area contributed by atoms with Crippen molar-refractivity contribution in [2.75, 3.05) is 12.0 Å². The number of nitrogens with one attached hydrogen (secondary N) is 2. The highest BCUT2D eigenvalue weighted by Crippen LogP contribution is 2.41. The molecule has 1 fully saturated rings. The molecule has 1 atom stereocenters. The van der Waals surface area contributed by atoms with Crippen molar-refractivity contribution in [1.29, 1.82) is 0 Å². The summed E-state index contributed by atoms with van der Waals surface area (Å²) >= 11 is 0. The van der Waals surface area contributed by atoms with Crippen molar-refractivity contribution in [2.45, 2.75) is 13.1 Å². The molecule has 0 bridgehead atoms. The Kier molecular flexibility index (Phi) is 2.31. The standard InChI is InChI=1S/C15H14N4O/c1-9-7-11(10-5-3-2-4-6-10)13-14(16-9)18-19-8-12(20)17-15(13)19/h2-7,15H,8H2,1H3,(H,16,18)(H,17,20). The zero-order valence-corrected chi connectivity index (χ0v) is 11.1. The molecule has 0 saturated carbocycles. The molecule has 2 aromatic rings. The fraction of sp³-hybridized carbons (Fsp3) is 0.200. The highest BCUT2D eigenvalue weighted by molar-refractivity contribution is 5.84. The van der Waals surface area contributed by atoms with E-state index in [9.17, 15) is 4.79 Å². The molecule has 5 nitrogen and oxygen atoms in total. The van der Waals surface area contributed by atoms with E-state index in [2.05, 4.69) is 33.9 Å². The number of nitrogens with zero attached hydrogens (tertiary/aromatic N) is 2. The Morgan fingerprint density at radius 2 is 2.10 bits per heavy atom. The summed E-state index contributed by atoms with van der Waals surface area (Å²) in [5.74, 6) is 0.876. The maximum absolute atomic E-state index is 11.6. The molecule has 1 amide bonds. The van der Waals surface area contributed by atoms with Gasteiger partial charge in [-0.05, 0) is 24.1 Å². The molecule has 4 rings (SSSR count). The number of fused-ring (bicyclic) bond motifs is 3. The van der Waals surface area contributed by atoms with Gasteiger partial charge < -0.3 is 10.7 Å². The third kappa shape index (κ3) is 1.60. The van der Waals surface area contributed by atoms with Crippen LogP contribution in [0.5, 0.6) is 0 Å². The topological polar surface area (TPSA) is 57.3 Å². The molecule has 1 aromatic carbocycles. The smallest absolute Gasteiger partial charge is 0.237 e. The van der Waals surface area contributed by atoms with Crippen molar-refractivity contribution in [3.05, 3.63) is 47.7 Å². The number of carbonyl (C=O) groups excluding carboxylic acids is 1. The largest absolute Gasteiger partial charge is 0.334 e. The first-order chi connectivity index (χ1) is 9.72. The lowest BCUT2D eigenvalue weighted by Crippen LogP contribution is -2.25. The van der Waals surface area contributed by atoms with Crippen molar-refractivity contribution in [3.8, 4) is 11.1 Å². The number of amides is 1. The lowest BCUT2D eigenvalue weighted by Gasteiger charge is -2.14. The molecule has 3 heterocycles. The van der Waals surface area contributed by atoms with Gasteiger partial charge in [0.2, 0.25) is 5.91 Å². The Morgan fingerprint density at radius 3 is 2.90 bits per heavy atom. The van der Waals surface area contributed by atoms with Crippen molar-refractivity contribution < 1.29 is 4.79 Å². The van der Waals surface area contributed by atoms with Crippen LogP contribution in [0.3, 0.4) is 0 Å². The summed E-state index contributed by atoms with van der Waals surface area (Å²) in [5, 5.41) is 4.88.